The summed E-state index contributed by atoms with van der Waals surface area (Å²) in [7, 11) is 0. The summed E-state index contributed by atoms with van der Waals surface area (Å²) >= 11 is 0. The van der Waals surface area contributed by atoms with Gasteiger partial charge in [-0.15, -0.1) is 0 Å². The van der Waals surface area contributed by atoms with E-state index in [4.69, 9.17) is 4.98 Å². The molecule has 1 aliphatic heterocycles. The van der Waals surface area contributed by atoms with Crippen LogP contribution in [-0.4, -0.2) is 52.7 Å². The molecule has 5 rings (SSSR count). The van der Waals surface area contributed by atoms with Gasteiger partial charge < -0.3 is 14.8 Å². The smallest absolute Gasteiger partial charge is 0.223 e. The number of benzene rings is 2. The van der Waals surface area contributed by atoms with E-state index in [-0.39, 0.29) is 24.5 Å². The van der Waals surface area contributed by atoms with Gasteiger partial charge in [0, 0.05) is 44.6 Å². The zero-order valence-corrected chi connectivity index (χ0v) is 18.5. The lowest BCUT2D eigenvalue weighted by atomic mass is 9.89. The molecule has 2 aromatic carbocycles. The van der Waals surface area contributed by atoms with Crippen LogP contribution in [0.2, 0.25) is 0 Å². The number of hydrogen-bond donors (Lipinski definition) is 1. The summed E-state index contributed by atoms with van der Waals surface area (Å²) in [5.41, 5.74) is 5.43. The van der Waals surface area contributed by atoms with Crippen LogP contribution in [0.25, 0.3) is 11.0 Å². The van der Waals surface area contributed by atoms with Gasteiger partial charge in [0.2, 0.25) is 11.9 Å². The van der Waals surface area contributed by atoms with E-state index in [1.807, 2.05) is 35.2 Å². The second-order valence-electron chi connectivity index (χ2n) is 8.91. The normalized spacial score (nSPS) is 16.6. The fourth-order valence-corrected chi connectivity index (χ4v) is 4.90. The Balaban J connectivity index is 1.16. The van der Waals surface area contributed by atoms with E-state index < -0.39 is 0 Å². The lowest BCUT2D eigenvalue weighted by Gasteiger charge is -2.22. The average Bonchev–Trinajstić information content (AvgIpc) is 3.11. The van der Waals surface area contributed by atoms with Gasteiger partial charge in [-0.05, 0) is 61.4 Å². The van der Waals surface area contributed by atoms with E-state index >= 15 is 0 Å². The molecule has 0 unspecified atom stereocenters. The van der Waals surface area contributed by atoms with Crippen molar-refractivity contribution in [3.63, 3.8) is 0 Å². The fraction of sp³-hybridized carbons (Fsp3) is 0.423. The Morgan fingerprint density at radius 3 is 2.59 bits per heavy atom. The molecule has 1 fully saturated rings. The molecule has 0 atom stereocenters. The van der Waals surface area contributed by atoms with Crippen LogP contribution < -0.4 is 4.90 Å². The minimum Gasteiger partial charge on any atom is -0.341 e. The number of para-hydroxylation sites is 2. The topological polar surface area (TPSA) is 69.3 Å². The number of fused-ring (bicyclic) bond motifs is 2. The molecule has 1 aliphatic carbocycles. The summed E-state index contributed by atoms with van der Waals surface area (Å²) in [4.78, 5) is 37.7. The van der Waals surface area contributed by atoms with Gasteiger partial charge in [0.25, 0.3) is 0 Å². The number of rotatable bonds is 5. The standard InChI is InChI=1S/C26H30N4O2/c31-24(21-11-10-19-6-1-2-7-20(19)18-21)12-13-25(32)29-14-5-15-30(17-16-29)26-27-22-8-3-4-9-23(22)28-26/h3-4,8-11,18H,1-2,5-7,12-17H2,(H,27,28). The molecule has 6 heteroatoms. The molecule has 1 saturated heterocycles. The molecule has 3 aromatic rings. The molecule has 1 aromatic heterocycles. The number of hydrogen-bond acceptors (Lipinski definition) is 4. The van der Waals surface area contributed by atoms with Gasteiger partial charge in [-0.3, -0.25) is 9.59 Å². The predicted octanol–water partition coefficient (Wildman–Crippen LogP) is 4.14. The predicted molar refractivity (Wildman–Crippen MR) is 126 cm³/mol. The van der Waals surface area contributed by atoms with E-state index in [1.165, 1.54) is 24.0 Å². The fourth-order valence-electron chi connectivity index (χ4n) is 4.90. The van der Waals surface area contributed by atoms with Crippen molar-refractivity contribution in [3.8, 4) is 0 Å². The SMILES string of the molecule is O=C(CCC(=O)N1CCCN(c2nc3ccccc3[nH]2)CC1)c1ccc2c(c1)CCCC2. The highest BCUT2D eigenvalue weighted by Crippen LogP contribution is 2.23. The van der Waals surface area contributed by atoms with Crippen molar-refractivity contribution in [2.45, 2.75) is 44.9 Å². The zero-order chi connectivity index (χ0) is 21.9. The van der Waals surface area contributed by atoms with Gasteiger partial charge in [-0.2, -0.15) is 0 Å². The molecule has 0 saturated carbocycles. The Kier molecular flexibility index (Phi) is 5.93. The Bertz CT molecular complexity index is 1100. The van der Waals surface area contributed by atoms with E-state index in [0.29, 0.717) is 6.54 Å². The number of carbonyl (C=O) groups excluding carboxylic acids is 2. The van der Waals surface area contributed by atoms with Crippen LogP contribution >= 0.6 is 0 Å². The maximum Gasteiger partial charge on any atom is 0.223 e. The lowest BCUT2D eigenvalue weighted by molar-refractivity contribution is -0.130. The van der Waals surface area contributed by atoms with Crippen molar-refractivity contribution in [2.24, 2.45) is 0 Å². The molecule has 166 valence electrons. The number of ketones is 1. The van der Waals surface area contributed by atoms with Crippen molar-refractivity contribution in [3.05, 3.63) is 59.2 Å². The lowest BCUT2D eigenvalue weighted by Crippen LogP contribution is -2.35. The van der Waals surface area contributed by atoms with E-state index in [1.54, 1.807) is 0 Å². The largest absolute Gasteiger partial charge is 0.341 e. The number of carbonyl (C=O) groups is 2. The number of nitrogens with one attached hydrogen (secondary N) is 1. The number of amides is 1. The first kappa shape index (κ1) is 20.7. The Morgan fingerprint density at radius 1 is 0.875 bits per heavy atom. The number of aryl methyl sites for hydroxylation is 2. The summed E-state index contributed by atoms with van der Waals surface area (Å²) < 4.78 is 0. The quantitative estimate of drug-likeness (QED) is 0.618. The second kappa shape index (κ2) is 9.15. The zero-order valence-electron chi connectivity index (χ0n) is 18.5. The summed E-state index contributed by atoms with van der Waals surface area (Å²) in [5, 5.41) is 0. The number of Topliss-reactive ketones (excluding diaryl/α,β-unsaturated/α-hetero) is 1. The van der Waals surface area contributed by atoms with Crippen molar-refractivity contribution in [2.75, 3.05) is 31.1 Å². The summed E-state index contributed by atoms with van der Waals surface area (Å²) in [6, 6.07) is 14.1. The molecule has 0 spiro atoms. The molecule has 6 nitrogen and oxygen atoms in total. The molecular formula is C26H30N4O2. The van der Waals surface area contributed by atoms with Crippen LogP contribution in [0, 0.1) is 0 Å². The van der Waals surface area contributed by atoms with Crippen molar-refractivity contribution in [1.82, 2.24) is 14.9 Å². The van der Waals surface area contributed by atoms with Crippen LogP contribution in [0.4, 0.5) is 5.95 Å². The third-order valence-electron chi connectivity index (χ3n) is 6.76. The number of anilines is 1. The first-order valence-electron chi connectivity index (χ1n) is 11.8. The minimum atomic E-state index is 0.0720. The molecule has 0 bridgehead atoms. The van der Waals surface area contributed by atoms with Gasteiger partial charge in [-0.1, -0.05) is 24.3 Å². The molecular weight excluding hydrogens is 400 g/mol. The van der Waals surface area contributed by atoms with Crippen LogP contribution in [0.15, 0.2) is 42.5 Å². The van der Waals surface area contributed by atoms with Crippen molar-refractivity contribution >= 4 is 28.7 Å². The number of imidazole rings is 1. The molecule has 32 heavy (non-hydrogen) atoms. The van der Waals surface area contributed by atoms with Crippen LogP contribution in [0.3, 0.4) is 0 Å². The Morgan fingerprint density at radius 2 is 1.72 bits per heavy atom. The van der Waals surface area contributed by atoms with Crippen LogP contribution in [-0.2, 0) is 17.6 Å². The van der Waals surface area contributed by atoms with E-state index in [9.17, 15) is 9.59 Å². The van der Waals surface area contributed by atoms with Crippen molar-refractivity contribution < 1.29 is 9.59 Å². The van der Waals surface area contributed by atoms with E-state index in [2.05, 4.69) is 22.0 Å². The van der Waals surface area contributed by atoms with Gasteiger partial charge in [0.05, 0.1) is 11.0 Å². The Hall–Kier alpha value is -3.15. The average molecular weight is 431 g/mol. The molecule has 1 N–H and O–H groups in total. The van der Waals surface area contributed by atoms with E-state index in [0.717, 1.165) is 61.4 Å². The third kappa shape index (κ3) is 4.40. The van der Waals surface area contributed by atoms with Gasteiger partial charge in [0.1, 0.15) is 0 Å². The van der Waals surface area contributed by atoms with Crippen LogP contribution in [0.5, 0.6) is 0 Å². The first-order valence-corrected chi connectivity index (χ1v) is 11.8. The summed E-state index contributed by atoms with van der Waals surface area (Å²) in [6.07, 6.45) is 6.05. The third-order valence-corrected chi connectivity index (χ3v) is 6.76. The highest BCUT2D eigenvalue weighted by Gasteiger charge is 2.22. The van der Waals surface area contributed by atoms with Gasteiger partial charge in [0.15, 0.2) is 5.78 Å². The van der Waals surface area contributed by atoms with Crippen molar-refractivity contribution in [1.29, 1.82) is 0 Å². The number of aromatic nitrogens is 2. The van der Waals surface area contributed by atoms with Gasteiger partial charge >= 0.3 is 0 Å². The molecule has 1 amide bonds. The summed E-state index contributed by atoms with van der Waals surface area (Å²) in [6.45, 7) is 2.98. The number of H-pyrrole nitrogens is 1. The maximum absolute atomic E-state index is 12.8. The molecule has 2 aliphatic rings. The number of aromatic amines is 1. The minimum absolute atomic E-state index is 0.0720. The first-order chi connectivity index (χ1) is 15.7. The number of nitrogens with zero attached hydrogens (tertiary/aromatic N) is 3. The Labute approximate surface area is 188 Å². The second-order valence-corrected chi connectivity index (χ2v) is 8.91. The molecule has 0 radical (unpaired) electrons. The highest BCUT2D eigenvalue weighted by molar-refractivity contribution is 5.98. The highest BCUT2D eigenvalue weighted by atomic mass is 16.2. The van der Waals surface area contributed by atoms with Gasteiger partial charge in [-0.25, -0.2) is 4.98 Å². The summed E-state index contributed by atoms with van der Waals surface area (Å²) in [5.74, 6) is 1.01. The van der Waals surface area contributed by atoms with Crippen LogP contribution in [0.1, 0.15) is 53.6 Å². The molecule has 2 heterocycles. The maximum atomic E-state index is 12.8. The monoisotopic (exact) mass is 430 g/mol.